The van der Waals surface area contributed by atoms with Crippen LogP contribution in [0.25, 0.3) is 0 Å². The Kier molecular flexibility index (Phi) is 10.8. The average Bonchev–Trinajstić information content (AvgIpc) is 2.54. The van der Waals surface area contributed by atoms with Gasteiger partial charge in [0.05, 0.1) is 4.90 Å². The molecule has 144 valence electrons. The highest BCUT2D eigenvalue weighted by atomic mass is 32.2. The van der Waals surface area contributed by atoms with Crippen molar-refractivity contribution >= 4 is 10.1 Å². The number of hydrogen-bond acceptors (Lipinski definition) is 3. The van der Waals surface area contributed by atoms with Gasteiger partial charge in [-0.25, -0.2) is 0 Å². The van der Waals surface area contributed by atoms with Crippen molar-refractivity contribution < 1.29 is 18.1 Å². The van der Waals surface area contributed by atoms with Gasteiger partial charge in [-0.05, 0) is 30.5 Å². The number of phenols is 1. The van der Waals surface area contributed by atoms with E-state index in [1.807, 2.05) is 0 Å². The molecule has 0 aliphatic heterocycles. The summed E-state index contributed by atoms with van der Waals surface area (Å²) in [4.78, 5) is -0.235. The SMILES string of the molecule is CCCCCCCCCCCCCCc1cc(O)cc(S(=O)(=O)O)c1. The Hall–Kier alpha value is -1.07. The first-order valence-electron chi connectivity index (χ1n) is 9.74. The van der Waals surface area contributed by atoms with Crippen molar-refractivity contribution in [3.63, 3.8) is 0 Å². The zero-order valence-electron chi connectivity index (χ0n) is 15.5. The van der Waals surface area contributed by atoms with Gasteiger partial charge in [0.2, 0.25) is 0 Å². The molecule has 0 saturated carbocycles. The molecule has 0 saturated heterocycles. The minimum atomic E-state index is -4.26. The fraction of sp³-hybridized carbons (Fsp3) is 0.700. The van der Waals surface area contributed by atoms with Gasteiger partial charge in [0.15, 0.2) is 0 Å². The summed E-state index contributed by atoms with van der Waals surface area (Å²) in [6.45, 7) is 2.24. The number of unbranched alkanes of at least 4 members (excludes halogenated alkanes) is 11. The maximum absolute atomic E-state index is 11.2. The van der Waals surface area contributed by atoms with Crippen LogP contribution in [-0.2, 0) is 16.5 Å². The highest BCUT2D eigenvalue weighted by Gasteiger charge is 2.11. The van der Waals surface area contributed by atoms with E-state index < -0.39 is 10.1 Å². The van der Waals surface area contributed by atoms with Crippen molar-refractivity contribution in [2.24, 2.45) is 0 Å². The molecule has 5 heteroatoms. The molecule has 1 aromatic carbocycles. The first-order valence-corrected chi connectivity index (χ1v) is 11.2. The molecule has 0 unspecified atom stereocenters. The maximum atomic E-state index is 11.2. The minimum Gasteiger partial charge on any atom is -0.508 e. The average molecular weight is 371 g/mol. The van der Waals surface area contributed by atoms with Crippen molar-refractivity contribution in [3.8, 4) is 5.75 Å². The van der Waals surface area contributed by atoms with Crippen molar-refractivity contribution in [3.05, 3.63) is 23.8 Å². The monoisotopic (exact) mass is 370 g/mol. The Morgan fingerprint density at radius 2 is 1.24 bits per heavy atom. The van der Waals surface area contributed by atoms with E-state index >= 15 is 0 Å². The molecule has 0 spiro atoms. The lowest BCUT2D eigenvalue weighted by atomic mass is 10.0. The molecule has 0 heterocycles. The largest absolute Gasteiger partial charge is 0.508 e. The molecular weight excluding hydrogens is 336 g/mol. The lowest BCUT2D eigenvalue weighted by Gasteiger charge is -2.06. The molecule has 0 aromatic heterocycles. The van der Waals surface area contributed by atoms with E-state index in [-0.39, 0.29) is 10.6 Å². The van der Waals surface area contributed by atoms with Crippen molar-refractivity contribution in [2.75, 3.05) is 0 Å². The van der Waals surface area contributed by atoms with E-state index in [9.17, 15) is 13.5 Å². The predicted octanol–water partition coefficient (Wildman–Crippen LogP) is 5.88. The fourth-order valence-corrected chi connectivity index (χ4v) is 3.68. The van der Waals surface area contributed by atoms with E-state index in [0.717, 1.165) is 24.5 Å². The highest BCUT2D eigenvalue weighted by Crippen LogP contribution is 2.21. The Morgan fingerprint density at radius 1 is 0.760 bits per heavy atom. The maximum Gasteiger partial charge on any atom is 0.294 e. The third-order valence-electron chi connectivity index (χ3n) is 4.57. The zero-order valence-corrected chi connectivity index (χ0v) is 16.4. The molecule has 0 fully saturated rings. The van der Waals surface area contributed by atoms with Gasteiger partial charge in [0, 0.05) is 6.07 Å². The summed E-state index contributed by atoms with van der Waals surface area (Å²) < 4.78 is 31.4. The van der Waals surface area contributed by atoms with Crippen LogP contribution in [0.3, 0.4) is 0 Å². The predicted molar refractivity (Wildman–Crippen MR) is 103 cm³/mol. The molecule has 25 heavy (non-hydrogen) atoms. The second-order valence-corrected chi connectivity index (χ2v) is 8.37. The highest BCUT2D eigenvalue weighted by molar-refractivity contribution is 7.85. The third kappa shape index (κ3) is 10.5. The molecule has 0 aliphatic rings. The van der Waals surface area contributed by atoms with Crippen LogP contribution in [0.2, 0.25) is 0 Å². The standard InChI is InChI=1S/C20H34O4S/c1-2-3-4-5-6-7-8-9-10-11-12-13-14-18-15-19(21)17-20(16-18)25(22,23)24/h15-17,21H,2-14H2,1H3,(H,22,23,24). The molecule has 1 aromatic rings. The molecule has 4 nitrogen and oxygen atoms in total. The quantitative estimate of drug-likeness (QED) is 0.317. The molecule has 2 N–H and O–H groups in total. The van der Waals surface area contributed by atoms with Gasteiger partial charge < -0.3 is 5.11 Å². The van der Waals surface area contributed by atoms with Gasteiger partial charge in [-0.3, -0.25) is 4.55 Å². The van der Waals surface area contributed by atoms with E-state index in [1.165, 1.54) is 70.3 Å². The van der Waals surface area contributed by atoms with Gasteiger partial charge in [-0.2, -0.15) is 8.42 Å². The fourth-order valence-electron chi connectivity index (χ4n) is 3.11. The van der Waals surface area contributed by atoms with E-state index in [0.29, 0.717) is 6.42 Å². The lowest BCUT2D eigenvalue weighted by Crippen LogP contribution is -1.99. The summed E-state index contributed by atoms with van der Waals surface area (Å²) in [6.07, 6.45) is 16.0. The van der Waals surface area contributed by atoms with Gasteiger partial charge in [-0.15, -0.1) is 0 Å². The molecule has 0 radical (unpaired) electrons. The van der Waals surface area contributed by atoms with E-state index in [4.69, 9.17) is 4.55 Å². The molecule has 1 rings (SSSR count). The molecule has 0 aliphatic carbocycles. The molecule has 0 bridgehead atoms. The van der Waals surface area contributed by atoms with Gasteiger partial charge in [0.25, 0.3) is 10.1 Å². The van der Waals surface area contributed by atoms with Crippen LogP contribution in [-0.4, -0.2) is 18.1 Å². The molecule has 0 amide bonds. The van der Waals surface area contributed by atoms with Crippen LogP contribution >= 0.6 is 0 Å². The Bertz CT molecular complexity index is 581. The number of rotatable bonds is 14. The Balaban J connectivity index is 2.09. The summed E-state index contributed by atoms with van der Waals surface area (Å²) in [5.41, 5.74) is 0.750. The van der Waals surface area contributed by atoms with Crippen LogP contribution in [0.4, 0.5) is 0 Å². The van der Waals surface area contributed by atoms with Gasteiger partial charge in [0.1, 0.15) is 5.75 Å². The van der Waals surface area contributed by atoms with Crippen LogP contribution in [0.5, 0.6) is 5.75 Å². The summed E-state index contributed by atoms with van der Waals surface area (Å²) in [7, 11) is -4.26. The summed E-state index contributed by atoms with van der Waals surface area (Å²) in [5, 5.41) is 9.57. The summed E-state index contributed by atoms with van der Waals surface area (Å²) in [5.74, 6) is -0.121. The van der Waals surface area contributed by atoms with E-state index in [2.05, 4.69) is 6.92 Å². The number of phenolic OH excluding ortho intramolecular Hbond substituents is 1. The smallest absolute Gasteiger partial charge is 0.294 e. The molecule has 0 atom stereocenters. The second kappa shape index (κ2) is 12.3. The lowest BCUT2D eigenvalue weighted by molar-refractivity contribution is 0.465. The van der Waals surface area contributed by atoms with Crippen molar-refractivity contribution in [1.29, 1.82) is 0 Å². The van der Waals surface area contributed by atoms with Crippen LogP contribution in [0.1, 0.15) is 89.5 Å². The minimum absolute atomic E-state index is 0.121. The summed E-state index contributed by atoms with van der Waals surface area (Å²) in [6, 6.07) is 4.07. The second-order valence-electron chi connectivity index (χ2n) is 6.95. The number of aryl methyl sites for hydroxylation is 1. The topological polar surface area (TPSA) is 74.6 Å². The molecular formula is C20H34O4S. The Morgan fingerprint density at radius 3 is 1.72 bits per heavy atom. The first-order chi connectivity index (χ1) is 11.9. The van der Waals surface area contributed by atoms with Crippen molar-refractivity contribution in [1.82, 2.24) is 0 Å². The van der Waals surface area contributed by atoms with E-state index in [1.54, 1.807) is 6.07 Å². The van der Waals surface area contributed by atoms with Crippen LogP contribution in [0.15, 0.2) is 23.1 Å². The number of benzene rings is 1. The van der Waals surface area contributed by atoms with Crippen LogP contribution in [0, 0.1) is 0 Å². The Labute approximate surface area is 153 Å². The van der Waals surface area contributed by atoms with Gasteiger partial charge >= 0.3 is 0 Å². The van der Waals surface area contributed by atoms with Crippen molar-refractivity contribution in [2.45, 2.75) is 95.3 Å². The third-order valence-corrected chi connectivity index (χ3v) is 5.40. The normalized spacial score (nSPS) is 11.8. The van der Waals surface area contributed by atoms with Gasteiger partial charge in [-0.1, -0.05) is 77.6 Å². The first kappa shape index (κ1) is 22.0. The zero-order chi connectivity index (χ0) is 18.5. The number of aromatic hydroxyl groups is 1. The number of hydrogen-bond donors (Lipinski definition) is 2. The van der Waals surface area contributed by atoms with Crippen LogP contribution < -0.4 is 0 Å². The summed E-state index contributed by atoms with van der Waals surface area (Å²) >= 11 is 0.